The molecule has 1 N–H and O–H groups in total. The van der Waals surface area contributed by atoms with Crippen LogP contribution in [0.4, 0.5) is 61.2 Å². The lowest BCUT2D eigenvalue weighted by Gasteiger charge is -2.34. The van der Waals surface area contributed by atoms with E-state index in [-0.39, 0.29) is 41.7 Å². The number of nitrogens with one attached hydrogen (secondary N) is 1. The fourth-order valence-electron chi connectivity index (χ4n) is 4.37. The van der Waals surface area contributed by atoms with Crippen LogP contribution in [0.15, 0.2) is 41.6 Å². The molecule has 0 aliphatic carbocycles. The molecule has 0 unspecified atom stereocenters. The number of halogens is 10. The lowest BCUT2D eigenvalue weighted by Crippen LogP contribution is -2.51. The van der Waals surface area contributed by atoms with Crippen LogP contribution in [-0.2, 0) is 28.6 Å². The van der Waals surface area contributed by atoms with Gasteiger partial charge in [0.15, 0.2) is 11.6 Å². The number of amides is 1. The summed E-state index contributed by atoms with van der Waals surface area (Å²) >= 11 is 0. The first kappa shape index (κ1) is 36.2. The molecule has 2 aromatic heterocycles. The summed E-state index contributed by atoms with van der Waals surface area (Å²) in [6, 6.07) is 2.83. The first-order valence-corrected chi connectivity index (χ1v) is 13.8. The Kier molecular flexibility index (Phi) is 10.7. The van der Waals surface area contributed by atoms with Crippen molar-refractivity contribution >= 4 is 23.2 Å². The van der Waals surface area contributed by atoms with E-state index >= 15 is 4.39 Å². The normalized spacial score (nSPS) is 15.1. The molecule has 1 saturated heterocycles. The minimum Gasteiger partial charge on any atom is -0.488 e. The fourth-order valence-corrected chi connectivity index (χ4v) is 4.37. The molecule has 262 valence electrons. The van der Waals surface area contributed by atoms with Gasteiger partial charge < -0.3 is 24.6 Å². The Balaban J connectivity index is 1.39. The lowest BCUT2D eigenvalue weighted by molar-refractivity contribution is -0.148. The Morgan fingerprint density at radius 1 is 0.958 bits per heavy atom. The molecule has 3 aromatic rings. The highest BCUT2D eigenvalue weighted by atomic mass is 19.4. The van der Waals surface area contributed by atoms with Crippen LogP contribution in [-0.4, -0.2) is 70.7 Å². The SMILES string of the molecule is C[C@@H](COc1cccc(N2CCN(c3ncc(C(F)(F)F)cn3)CC2=O)c1F)Nc1cnn(COCCC(F)(F)F)c(=O)c1C(F)(F)F. The van der Waals surface area contributed by atoms with E-state index in [4.69, 9.17) is 4.74 Å². The summed E-state index contributed by atoms with van der Waals surface area (Å²) in [5.74, 6) is -2.12. The number of hydrogen-bond acceptors (Lipinski definition) is 9. The average Bonchev–Trinajstić information content (AvgIpc) is 2.98. The predicted molar refractivity (Wildman–Crippen MR) is 147 cm³/mol. The third kappa shape index (κ3) is 9.01. The molecule has 3 heterocycles. The van der Waals surface area contributed by atoms with Gasteiger partial charge in [-0.05, 0) is 19.1 Å². The molecular weight excluding hydrogens is 676 g/mol. The first-order valence-electron chi connectivity index (χ1n) is 13.8. The van der Waals surface area contributed by atoms with Crippen LogP contribution >= 0.6 is 0 Å². The quantitative estimate of drug-likeness (QED) is 0.221. The summed E-state index contributed by atoms with van der Waals surface area (Å²) < 4.78 is 142. The number of nitrogens with zero attached hydrogens (tertiary/aromatic N) is 6. The molecule has 1 amide bonds. The second kappa shape index (κ2) is 14.2. The van der Waals surface area contributed by atoms with Crippen molar-refractivity contribution in [1.29, 1.82) is 0 Å². The van der Waals surface area contributed by atoms with Gasteiger partial charge in [-0.1, -0.05) is 6.07 Å². The standard InChI is InChI=1S/C27H25F10N7O4/c1-15(41-17-11-40-44(14-47-8-5-25(29,30)31)23(46)21(17)27(35,36)37)13-48-19-4-2-3-18(22(19)28)43-7-6-42(12-20(43)45)24-38-9-16(10-39-24)26(32,33)34/h2-4,9-11,15,41H,5-8,12-14H2,1H3/t15-/m0/s1. The Morgan fingerprint density at radius 3 is 2.25 bits per heavy atom. The van der Waals surface area contributed by atoms with Crippen molar-refractivity contribution in [3.8, 4) is 5.75 Å². The molecular formula is C27H25F10N7O4. The van der Waals surface area contributed by atoms with Crippen molar-refractivity contribution < 1.29 is 58.2 Å². The molecule has 0 radical (unpaired) electrons. The van der Waals surface area contributed by atoms with Crippen molar-refractivity contribution in [2.75, 3.05) is 48.0 Å². The van der Waals surface area contributed by atoms with E-state index in [0.717, 1.165) is 4.90 Å². The fraction of sp³-hybridized carbons (Fsp3) is 0.444. The van der Waals surface area contributed by atoms with Crippen LogP contribution in [0.5, 0.6) is 5.75 Å². The Bertz CT molecular complexity index is 1650. The molecule has 1 aliphatic heterocycles. The summed E-state index contributed by atoms with van der Waals surface area (Å²) in [6.45, 7) is -1.43. The number of rotatable bonds is 11. The molecule has 0 bridgehead atoms. The minimum absolute atomic E-state index is 0.0383. The Labute approximate surface area is 264 Å². The van der Waals surface area contributed by atoms with E-state index in [2.05, 4.69) is 25.1 Å². The highest BCUT2D eigenvalue weighted by molar-refractivity contribution is 5.97. The number of hydrogen-bond donors (Lipinski definition) is 1. The van der Waals surface area contributed by atoms with E-state index in [1.54, 1.807) is 0 Å². The Morgan fingerprint density at radius 2 is 1.65 bits per heavy atom. The highest BCUT2D eigenvalue weighted by Crippen LogP contribution is 2.33. The van der Waals surface area contributed by atoms with Gasteiger partial charge in [0.05, 0.1) is 42.2 Å². The van der Waals surface area contributed by atoms with Crippen LogP contribution in [0.25, 0.3) is 0 Å². The van der Waals surface area contributed by atoms with Gasteiger partial charge in [-0.2, -0.15) is 44.6 Å². The molecule has 1 atom stereocenters. The van der Waals surface area contributed by atoms with E-state index in [1.165, 1.54) is 30.0 Å². The van der Waals surface area contributed by atoms with Crippen molar-refractivity contribution in [3.63, 3.8) is 0 Å². The van der Waals surface area contributed by atoms with Crippen molar-refractivity contribution in [2.24, 2.45) is 0 Å². The maximum atomic E-state index is 15.4. The van der Waals surface area contributed by atoms with E-state index in [0.29, 0.717) is 18.6 Å². The number of anilines is 3. The summed E-state index contributed by atoms with van der Waals surface area (Å²) in [4.78, 5) is 35.0. The summed E-state index contributed by atoms with van der Waals surface area (Å²) in [5.41, 5.74) is -5.42. The molecule has 1 fully saturated rings. The zero-order valence-corrected chi connectivity index (χ0v) is 24.6. The van der Waals surface area contributed by atoms with Crippen LogP contribution in [0.1, 0.15) is 24.5 Å². The maximum absolute atomic E-state index is 15.4. The smallest absolute Gasteiger partial charge is 0.423 e. The average molecular weight is 702 g/mol. The molecule has 48 heavy (non-hydrogen) atoms. The molecule has 1 aromatic carbocycles. The number of aromatic nitrogens is 4. The molecule has 11 nitrogen and oxygen atoms in total. The van der Waals surface area contributed by atoms with Crippen LogP contribution in [0.3, 0.4) is 0 Å². The lowest BCUT2D eigenvalue weighted by atomic mass is 10.2. The number of carbonyl (C=O) groups excluding carboxylic acids is 1. The summed E-state index contributed by atoms with van der Waals surface area (Å²) in [6.07, 6.45) is -14.0. The van der Waals surface area contributed by atoms with E-state index in [9.17, 15) is 49.1 Å². The van der Waals surface area contributed by atoms with Gasteiger partial charge in [0.25, 0.3) is 5.56 Å². The zero-order chi connectivity index (χ0) is 35.4. The van der Waals surface area contributed by atoms with Gasteiger partial charge >= 0.3 is 18.5 Å². The second-order valence-corrected chi connectivity index (χ2v) is 10.3. The Hall–Kier alpha value is -4.69. The molecule has 21 heteroatoms. The third-order valence-electron chi connectivity index (χ3n) is 6.66. The monoisotopic (exact) mass is 701 g/mol. The van der Waals surface area contributed by atoms with Crippen molar-refractivity contribution in [2.45, 2.75) is 44.6 Å². The van der Waals surface area contributed by atoms with Gasteiger partial charge in [-0.25, -0.2) is 19.0 Å². The molecule has 1 aliphatic rings. The van der Waals surface area contributed by atoms with Gasteiger partial charge in [0.1, 0.15) is 25.4 Å². The molecule has 0 saturated carbocycles. The number of carbonyl (C=O) groups is 1. The minimum atomic E-state index is -5.20. The second-order valence-electron chi connectivity index (χ2n) is 10.3. The van der Waals surface area contributed by atoms with Crippen molar-refractivity contribution in [1.82, 2.24) is 19.7 Å². The van der Waals surface area contributed by atoms with Gasteiger partial charge in [0, 0.05) is 25.5 Å². The number of benzene rings is 1. The van der Waals surface area contributed by atoms with Crippen LogP contribution in [0, 0.1) is 5.82 Å². The van der Waals surface area contributed by atoms with E-state index < -0.39 is 85.0 Å². The third-order valence-corrected chi connectivity index (χ3v) is 6.66. The van der Waals surface area contributed by atoms with Crippen molar-refractivity contribution in [3.05, 3.63) is 64.1 Å². The van der Waals surface area contributed by atoms with E-state index in [1.807, 2.05) is 0 Å². The van der Waals surface area contributed by atoms with Crippen LogP contribution in [0.2, 0.25) is 0 Å². The summed E-state index contributed by atoms with van der Waals surface area (Å²) in [7, 11) is 0. The number of alkyl halides is 9. The number of piperazine rings is 1. The van der Waals surface area contributed by atoms with Gasteiger partial charge in [0.2, 0.25) is 11.9 Å². The predicted octanol–water partition coefficient (Wildman–Crippen LogP) is 4.87. The molecule has 4 rings (SSSR count). The first-order chi connectivity index (χ1) is 22.3. The van der Waals surface area contributed by atoms with Gasteiger partial charge in [-0.3, -0.25) is 9.59 Å². The van der Waals surface area contributed by atoms with Crippen LogP contribution < -0.4 is 25.4 Å². The summed E-state index contributed by atoms with van der Waals surface area (Å²) in [5, 5.41) is 5.92. The largest absolute Gasteiger partial charge is 0.488 e. The maximum Gasteiger partial charge on any atom is 0.423 e. The zero-order valence-electron chi connectivity index (χ0n) is 24.6. The highest BCUT2D eigenvalue weighted by Gasteiger charge is 2.39. The number of ether oxygens (including phenoxy) is 2. The molecule has 0 spiro atoms. The topological polar surface area (TPSA) is 115 Å². The van der Waals surface area contributed by atoms with Gasteiger partial charge in [-0.15, -0.1) is 0 Å².